The van der Waals surface area contributed by atoms with E-state index in [1.165, 1.54) is 10.8 Å². The molecular weight excluding hydrogens is 711 g/mol. The molecule has 11 aromatic rings. The summed E-state index contributed by atoms with van der Waals surface area (Å²) in [6, 6.07) is 55.2. The van der Waals surface area contributed by atoms with Crippen LogP contribution in [0.2, 0.25) is 0 Å². The van der Waals surface area contributed by atoms with Crippen LogP contribution in [-0.4, -0.2) is 28.7 Å². The molecule has 0 N–H and O–H groups in total. The second-order valence-electron chi connectivity index (χ2n) is 14.2. The topological polar surface area (TPSA) is 56.7 Å². The highest BCUT2D eigenvalue weighted by atomic mass is 15.1. The second kappa shape index (κ2) is 13.6. The number of anilines is 2. The summed E-state index contributed by atoms with van der Waals surface area (Å²) in [6.45, 7) is 4.12. The van der Waals surface area contributed by atoms with Gasteiger partial charge in [-0.2, -0.15) is 0 Å². The zero-order valence-corrected chi connectivity index (χ0v) is 31.4. The van der Waals surface area contributed by atoms with E-state index in [4.69, 9.17) is 15.0 Å². The molecule has 58 heavy (non-hydrogen) atoms. The average molecular weight is 746 g/mol. The van der Waals surface area contributed by atoms with Gasteiger partial charge in [0, 0.05) is 85.6 Å². The fourth-order valence-corrected chi connectivity index (χ4v) is 8.53. The first-order valence-corrected chi connectivity index (χ1v) is 19.3. The summed E-state index contributed by atoms with van der Waals surface area (Å²) in [5.74, 6) is 0. The normalized spacial score (nSPS) is 12.2. The van der Waals surface area contributed by atoms with Gasteiger partial charge in [-0.25, -0.2) is 15.0 Å². The van der Waals surface area contributed by atoms with Gasteiger partial charge in [-0.3, -0.25) is 13.7 Å². The SMILES string of the molecule is C=C/C=C(\C=C\N(c1cccc(-n2c3ccccc3c3cccnc32)c1)c1cccc(-n2c3ccccc3c3cccnc32)c1)n1c2ccccc2c2cccnc21. The molecule has 274 valence electrons. The lowest BCUT2D eigenvalue weighted by Gasteiger charge is -2.23. The molecule has 7 heteroatoms. The van der Waals surface area contributed by atoms with Gasteiger partial charge in [-0.15, -0.1) is 0 Å². The third-order valence-corrected chi connectivity index (χ3v) is 11.0. The predicted octanol–water partition coefficient (Wildman–Crippen LogP) is 12.6. The number of allylic oxidation sites excluding steroid dienone is 4. The highest BCUT2D eigenvalue weighted by Gasteiger charge is 2.18. The minimum absolute atomic E-state index is 0.884. The van der Waals surface area contributed by atoms with Crippen LogP contribution in [0.4, 0.5) is 11.4 Å². The van der Waals surface area contributed by atoms with Crippen LogP contribution in [0.25, 0.3) is 82.9 Å². The van der Waals surface area contributed by atoms with Crippen molar-refractivity contribution in [2.45, 2.75) is 0 Å². The van der Waals surface area contributed by atoms with Crippen LogP contribution in [0.5, 0.6) is 0 Å². The molecule has 7 nitrogen and oxygen atoms in total. The van der Waals surface area contributed by atoms with Crippen molar-refractivity contribution in [3.05, 3.63) is 207 Å². The van der Waals surface area contributed by atoms with Crippen molar-refractivity contribution in [1.29, 1.82) is 0 Å². The van der Waals surface area contributed by atoms with E-state index in [2.05, 4.69) is 177 Å². The Morgan fingerprint density at radius 3 is 1.45 bits per heavy atom. The van der Waals surface area contributed by atoms with Crippen molar-refractivity contribution in [3.8, 4) is 11.4 Å². The van der Waals surface area contributed by atoms with Crippen LogP contribution in [0.15, 0.2) is 207 Å². The van der Waals surface area contributed by atoms with Gasteiger partial charge in [0.2, 0.25) is 0 Å². The fourth-order valence-electron chi connectivity index (χ4n) is 8.53. The molecule has 11 rings (SSSR count). The number of rotatable bonds is 8. The highest BCUT2D eigenvalue weighted by molar-refractivity contribution is 6.10. The highest BCUT2D eigenvalue weighted by Crippen LogP contribution is 2.37. The maximum atomic E-state index is 4.88. The Bertz CT molecular complexity index is 3130. The van der Waals surface area contributed by atoms with E-state index < -0.39 is 0 Å². The Kier molecular flexibility index (Phi) is 7.82. The van der Waals surface area contributed by atoms with E-state index in [1.807, 2.05) is 48.9 Å². The molecule has 0 fully saturated rings. The Labute approximate surface area is 334 Å². The van der Waals surface area contributed by atoms with Crippen molar-refractivity contribution < 1.29 is 0 Å². The Balaban J connectivity index is 1.12. The monoisotopic (exact) mass is 745 g/mol. The van der Waals surface area contributed by atoms with Crippen LogP contribution in [-0.2, 0) is 0 Å². The summed E-state index contributed by atoms with van der Waals surface area (Å²) in [4.78, 5) is 16.9. The molecular formula is C51H35N7. The van der Waals surface area contributed by atoms with E-state index in [1.54, 1.807) is 0 Å². The van der Waals surface area contributed by atoms with Crippen molar-refractivity contribution in [1.82, 2.24) is 28.7 Å². The lowest BCUT2D eigenvalue weighted by molar-refractivity contribution is 1.12. The minimum Gasteiger partial charge on any atom is -0.317 e. The van der Waals surface area contributed by atoms with Crippen LogP contribution < -0.4 is 4.90 Å². The summed E-state index contributed by atoms with van der Waals surface area (Å²) in [6.07, 6.45) is 13.7. The molecule has 0 radical (unpaired) electrons. The number of pyridine rings is 3. The molecule has 0 aliphatic carbocycles. The number of fused-ring (bicyclic) bond motifs is 9. The molecule has 0 bridgehead atoms. The van der Waals surface area contributed by atoms with Gasteiger partial charge < -0.3 is 4.90 Å². The van der Waals surface area contributed by atoms with E-state index in [9.17, 15) is 0 Å². The first-order valence-electron chi connectivity index (χ1n) is 19.3. The third kappa shape index (κ3) is 5.25. The van der Waals surface area contributed by atoms with E-state index in [0.29, 0.717) is 0 Å². The summed E-state index contributed by atoms with van der Waals surface area (Å²) in [5.41, 5.74) is 10.9. The number of aromatic nitrogens is 6. The largest absolute Gasteiger partial charge is 0.317 e. The maximum Gasteiger partial charge on any atom is 0.145 e. The molecule has 0 saturated carbocycles. The molecule has 6 heterocycles. The van der Waals surface area contributed by atoms with Crippen molar-refractivity contribution in [2.24, 2.45) is 0 Å². The number of hydrogen-bond donors (Lipinski definition) is 0. The Morgan fingerprint density at radius 2 is 0.914 bits per heavy atom. The Morgan fingerprint density at radius 1 is 0.466 bits per heavy atom. The molecule has 0 aliphatic heterocycles. The van der Waals surface area contributed by atoms with Gasteiger partial charge in [0.05, 0.1) is 16.6 Å². The number of para-hydroxylation sites is 3. The molecule has 0 spiro atoms. The van der Waals surface area contributed by atoms with Crippen molar-refractivity contribution in [3.63, 3.8) is 0 Å². The van der Waals surface area contributed by atoms with Crippen LogP contribution in [0.3, 0.4) is 0 Å². The van der Waals surface area contributed by atoms with Gasteiger partial charge >= 0.3 is 0 Å². The second-order valence-corrected chi connectivity index (χ2v) is 14.2. The quantitative estimate of drug-likeness (QED) is 0.145. The predicted molar refractivity (Wildman–Crippen MR) is 240 cm³/mol. The molecule has 5 aromatic carbocycles. The number of nitrogens with zero attached hydrogens (tertiary/aromatic N) is 7. The molecule has 0 aliphatic rings. The van der Waals surface area contributed by atoms with Gasteiger partial charge in [0.1, 0.15) is 16.9 Å². The standard InChI is InChI=1S/C51H35N7/c1-2-14-35(56-46-25-6-3-19-40(46)43-22-11-29-52-49(43)56)28-32-55(36-15-9-17-38(33-36)57-47-26-7-4-20-41(47)44-23-12-30-53-50(44)57)37-16-10-18-39(34-37)58-48-27-8-5-21-42(48)45-24-13-31-54-51(45)58/h2-34H,1H2/b32-28+,35-14+. The van der Waals surface area contributed by atoms with Gasteiger partial charge in [0.25, 0.3) is 0 Å². The zero-order chi connectivity index (χ0) is 38.6. The minimum atomic E-state index is 0.884. The van der Waals surface area contributed by atoms with Crippen LogP contribution in [0, 0.1) is 0 Å². The fraction of sp³-hybridized carbons (Fsp3) is 0. The van der Waals surface area contributed by atoms with Crippen molar-refractivity contribution in [2.75, 3.05) is 4.90 Å². The zero-order valence-electron chi connectivity index (χ0n) is 31.4. The Hall–Kier alpha value is -8.03. The van der Waals surface area contributed by atoms with Crippen LogP contribution in [0.1, 0.15) is 0 Å². The van der Waals surface area contributed by atoms with E-state index in [0.717, 1.165) is 83.5 Å². The maximum absolute atomic E-state index is 4.88. The molecule has 6 aromatic heterocycles. The van der Waals surface area contributed by atoms with Crippen LogP contribution >= 0.6 is 0 Å². The van der Waals surface area contributed by atoms with Gasteiger partial charge in [0.15, 0.2) is 0 Å². The first kappa shape index (κ1) is 33.3. The lowest BCUT2D eigenvalue weighted by Crippen LogP contribution is -2.10. The summed E-state index contributed by atoms with van der Waals surface area (Å²) < 4.78 is 6.72. The molecule has 0 unspecified atom stereocenters. The average Bonchev–Trinajstić information content (AvgIpc) is 3.92. The van der Waals surface area contributed by atoms with Gasteiger partial charge in [-0.1, -0.05) is 79.4 Å². The van der Waals surface area contributed by atoms with E-state index in [-0.39, 0.29) is 0 Å². The number of benzene rings is 5. The molecule has 0 atom stereocenters. The van der Waals surface area contributed by atoms with Gasteiger partial charge in [-0.05, 0) is 103 Å². The van der Waals surface area contributed by atoms with Crippen molar-refractivity contribution >= 4 is 82.9 Å². The number of hydrogen-bond acceptors (Lipinski definition) is 4. The summed E-state index contributed by atoms with van der Waals surface area (Å²) in [7, 11) is 0. The smallest absolute Gasteiger partial charge is 0.145 e. The summed E-state index contributed by atoms with van der Waals surface area (Å²) in [5, 5.41) is 6.81. The molecule has 0 amide bonds. The van der Waals surface area contributed by atoms with E-state index >= 15 is 0 Å². The summed E-state index contributed by atoms with van der Waals surface area (Å²) >= 11 is 0. The lowest BCUT2D eigenvalue weighted by atomic mass is 10.2. The third-order valence-electron chi connectivity index (χ3n) is 11.0. The first-order chi connectivity index (χ1) is 28.8. The molecule has 0 saturated heterocycles.